The van der Waals surface area contributed by atoms with Gasteiger partial charge in [-0.1, -0.05) is 67.5 Å². The SMILES string of the molecule is CC1=CC(c2cccc3c2oc2ccccc23)N(/C=C(\C)C(C)C)C=C1. The van der Waals surface area contributed by atoms with E-state index in [-0.39, 0.29) is 6.04 Å². The van der Waals surface area contributed by atoms with Crippen LogP contribution in [-0.2, 0) is 0 Å². The highest BCUT2D eigenvalue weighted by molar-refractivity contribution is 6.05. The summed E-state index contributed by atoms with van der Waals surface area (Å²) in [7, 11) is 0. The number of benzene rings is 2. The van der Waals surface area contributed by atoms with E-state index < -0.39 is 0 Å². The number of allylic oxidation sites excluding steroid dienone is 3. The van der Waals surface area contributed by atoms with Gasteiger partial charge in [0.1, 0.15) is 11.2 Å². The van der Waals surface area contributed by atoms with Crippen LogP contribution in [0, 0.1) is 5.92 Å². The molecule has 2 heteroatoms. The van der Waals surface area contributed by atoms with Crippen molar-refractivity contribution in [2.45, 2.75) is 33.7 Å². The van der Waals surface area contributed by atoms with Gasteiger partial charge in [0.15, 0.2) is 0 Å². The minimum atomic E-state index is 0.137. The van der Waals surface area contributed by atoms with E-state index in [2.05, 4.69) is 87.5 Å². The fraction of sp³-hybridized carbons (Fsp3) is 0.250. The number of para-hydroxylation sites is 2. The lowest BCUT2D eigenvalue weighted by atomic mass is 9.97. The number of nitrogens with zero attached hydrogens (tertiary/aromatic N) is 1. The molecule has 0 saturated carbocycles. The zero-order chi connectivity index (χ0) is 18.3. The lowest BCUT2D eigenvalue weighted by Gasteiger charge is -2.30. The van der Waals surface area contributed by atoms with Crippen molar-refractivity contribution < 1.29 is 4.42 Å². The molecule has 0 spiro atoms. The highest BCUT2D eigenvalue weighted by atomic mass is 16.3. The minimum Gasteiger partial charge on any atom is -0.456 e. The second-order valence-corrected chi connectivity index (χ2v) is 7.47. The van der Waals surface area contributed by atoms with Crippen LogP contribution in [0.1, 0.15) is 39.3 Å². The molecule has 3 aromatic rings. The molecule has 0 saturated heterocycles. The minimum absolute atomic E-state index is 0.137. The Morgan fingerprint density at radius 1 is 1.08 bits per heavy atom. The average Bonchev–Trinajstić information content (AvgIpc) is 3.02. The second kappa shape index (κ2) is 6.53. The zero-order valence-electron chi connectivity index (χ0n) is 15.9. The van der Waals surface area contributed by atoms with Gasteiger partial charge in [-0.2, -0.15) is 0 Å². The highest BCUT2D eigenvalue weighted by Gasteiger charge is 2.22. The Labute approximate surface area is 155 Å². The summed E-state index contributed by atoms with van der Waals surface area (Å²) in [4.78, 5) is 2.30. The molecule has 2 aromatic carbocycles. The van der Waals surface area contributed by atoms with Gasteiger partial charge in [-0.3, -0.25) is 0 Å². The van der Waals surface area contributed by atoms with Crippen molar-refractivity contribution in [2.24, 2.45) is 5.92 Å². The molecule has 0 bridgehead atoms. The lowest BCUT2D eigenvalue weighted by Crippen LogP contribution is -2.20. The van der Waals surface area contributed by atoms with Gasteiger partial charge in [0.2, 0.25) is 0 Å². The Balaban J connectivity index is 1.89. The summed E-state index contributed by atoms with van der Waals surface area (Å²) in [6, 6.07) is 14.9. The normalized spacial score (nSPS) is 18.2. The first-order valence-electron chi connectivity index (χ1n) is 9.27. The van der Waals surface area contributed by atoms with Gasteiger partial charge in [0.25, 0.3) is 0 Å². The standard InChI is InChI=1S/C24H25NO/c1-16(2)18(4)15-25-13-12-17(3)14-22(25)21-10-7-9-20-19-8-5-6-11-23(19)26-24(20)21/h5-16,22H,1-4H3/b18-15+. The van der Waals surface area contributed by atoms with Crippen LogP contribution in [0.2, 0.25) is 0 Å². The van der Waals surface area contributed by atoms with Gasteiger partial charge >= 0.3 is 0 Å². The fourth-order valence-electron chi connectivity index (χ4n) is 3.45. The Morgan fingerprint density at radius 3 is 2.65 bits per heavy atom. The molecule has 0 fully saturated rings. The molecule has 1 unspecified atom stereocenters. The lowest BCUT2D eigenvalue weighted by molar-refractivity contribution is 0.422. The molecular formula is C24H25NO. The molecule has 4 rings (SSSR count). The molecule has 2 nitrogen and oxygen atoms in total. The second-order valence-electron chi connectivity index (χ2n) is 7.47. The smallest absolute Gasteiger partial charge is 0.141 e. The molecule has 132 valence electrons. The van der Waals surface area contributed by atoms with E-state index in [1.165, 1.54) is 27.5 Å². The maximum atomic E-state index is 6.27. The summed E-state index contributed by atoms with van der Waals surface area (Å²) < 4.78 is 6.27. The molecule has 26 heavy (non-hydrogen) atoms. The van der Waals surface area contributed by atoms with E-state index in [0.29, 0.717) is 5.92 Å². The van der Waals surface area contributed by atoms with E-state index in [9.17, 15) is 0 Å². The van der Waals surface area contributed by atoms with Crippen LogP contribution in [0.25, 0.3) is 21.9 Å². The van der Waals surface area contributed by atoms with Crippen LogP contribution in [0.15, 0.2) is 82.6 Å². The third kappa shape index (κ3) is 2.86. The van der Waals surface area contributed by atoms with Gasteiger partial charge in [0, 0.05) is 28.7 Å². The van der Waals surface area contributed by atoms with Crippen LogP contribution < -0.4 is 0 Å². The van der Waals surface area contributed by atoms with Crippen LogP contribution >= 0.6 is 0 Å². The van der Waals surface area contributed by atoms with Crippen molar-refractivity contribution in [2.75, 3.05) is 0 Å². The highest BCUT2D eigenvalue weighted by Crippen LogP contribution is 2.37. The summed E-state index contributed by atoms with van der Waals surface area (Å²) in [5.41, 5.74) is 5.77. The largest absolute Gasteiger partial charge is 0.456 e. The van der Waals surface area contributed by atoms with E-state index >= 15 is 0 Å². The van der Waals surface area contributed by atoms with Crippen LogP contribution in [0.5, 0.6) is 0 Å². The number of fused-ring (bicyclic) bond motifs is 3. The zero-order valence-corrected chi connectivity index (χ0v) is 15.9. The quantitative estimate of drug-likeness (QED) is 0.511. The first-order valence-corrected chi connectivity index (χ1v) is 9.27. The van der Waals surface area contributed by atoms with Gasteiger partial charge < -0.3 is 9.32 Å². The molecule has 0 N–H and O–H groups in total. The monoisotopic (exact) mass is 343 g/mol. The summed E-state index contributed by atoms with van der Waals surface area (Å²) in [5.74, 6) is 0.526. The Morgan fingerprint density at radius 2 is 1.85 bits per heavy atom. The third-order valence-electron chi connectivity index (χ3n) is 5.27. The number of hydrogen-bond donors (Lipinski definition) is 0. The molecule has 1 aliphatic heterocycles. The van der Waals surface area contributed by atoms with E-state index in [1.807, 2.05) is 12.1 Å². The van der Waals surface area contributed by atoms with Gasteiger partial charge in [-0.25, -0.2) is 0 Å². The predicted octanol–water partition coefficient (Wildman–Crippen LogP) is 6.96. The molecule has 2 heterocycles. The van der Waals surface area contributed by atoms with Crippen molar-refractivity contribution in [1.82, 2.24) is 4.90 Å². The van der Waals surface area contributed by atoms with Crippen molar-refractivity contribution in [3.05, 3.63) is 83.7 Å². The first-order chi connectivity index (χ1) is 12.5. The number of furan rings is 1. The molecule has 0 amide bonds. The molecule has 0 aliphatic carbocycles. The van der Waals surface area contributed by atoms with Gasteiger partial charge in [-0.05, 0) is 31.9 Å². The molecule has 1 aromatic heterocycles. The number of rotatable bonds is 3. The van der Waals surface area contributed by atoms with E-state index in [0.717, 1.165) is 11.2 Å². The predicted molar refractivity (Wildman–Crippen MR) is 110 cm³/mol. The molecule has 1 atom stereocenters. The Hall–Kier alpha value is -2.74. The van der Waals surface area contributed by atoms with Crippen molar-refractivity contribution >= 4 is 21.9 Å². The topological polar surface area (TPSA) is 16.4 Å². The van der Waals surface area contributed by atoms with Crippen molar-refractivity contribution in [3.8, 4) is 0 Å². The summed E-state index contributed by atoms with van der Waals surface area (Å²) in [6.07, 6.45) is 8.91. The third-order valence-corrected chi connectivity index (χ3v) is 5.27. The Bertz CT molecular complexity index is 1050. The van der Waals surface area contributed by atoms with Gasteiger partial charge in [0.05, 0.1) is 6.04 Å². The maximum Gasteiger partial charge on any atom is 0.141 e. The molecule has 1 aliphatic rings. The van der Waals surface area contributed by atoms with Gasteiger partial charge in [-0.15, -0.1) is 0 Å². The summed E-state index contributed by atoms with van der Waals surface area (Å²) in [5, 5.41) is 2.36. The van der Waals surface area contributed by atoms with E-state index in [4.69, 9.17) is 4.42 Å². The summed E-state index contributed by atoms with van der Waals surface area (Å²) >= 11 is 0. The average molecular weight is 343 g/mol. The first kappa shape index (κ1) is 16.7. The molecule has 0 radical (unpaired) electrons. The Kier molecular flexibility index (Phi) is 4.20. The van der Waals surface area contributed by atoms with Crippen LogP contribution in [-0.4, -0.2) is 4.90 Å². The maximum absolute atomic E-state index is 6.27. The number of hydrogen-bond acceptors (Lipinski definition) is 2. The molecular weight excluding hydrogens is 318 g/mol. The van der Waals surface area contributed by atoms with Crippen molar-refractivity contribution in [3.63, 3.8) is 0 Å². The van der Waals surface area contributed by atoms with Crippen molar-refractivity contribution in [1.29, 1.82) is 0 Å². The van der Waals surface area contributed by atoms with Crippen LogP contribution in [0.4, 0.5) is 0 Å². The summed E-state index contributed by atoms with van der Waals surface area (Å²) in [6.45, 7) is 8.81. The fourth-order valence-corrected chi connectivity index (χ4v) is 3.45. The van der Waals surface area contributed by atoms with Crippen LogP contribution in [0.3, 0.4) is 0 Å². The van der Waals surface area contributed by atoms with E-state index in [1.54, 1.807) is 0 Å².